The van der Waals surface area contributed by atoms with Gasteiger partial charge < -0.3 is 5.11 Å². The largest absolute Gasteiger partial charge is 0.481 e. The van der Waals surface area contributed by atoms with E-state index in [1.807, 2.05) is 11.7 Å². The first-order valence-corrected chi connectivity index (χ1v) is 8.45. The van der Waals surface area contributed by atoms with Gasteiger partial charge in [0.25, 0.3) is 0 Å². The normalized spacial score (nSPS) is 17.3. The Labute approximate surface area is 134 Å². The van der Waals surface area contributed by atoms with E-state index in [2.05, 4.69) is 32.9 Å². The van der Waals surface area contributed by atoms with Crippen molar-refractivity contribution in [3.8, 4) is 0 Å². The Balaban J connectivity index is 1.86. The molecular weight excluding hydrogens is 334 g/mol. The number of hydrogen-bond acceptors (Lipinski definition) is 3. The lowest BCUT2D eigenvalue weighted by atomic mass is 9.92. The highest BCUT2D eigenvalue weighted by Crippen LogP contribution is 2.26. The van der Waals surface area contributed by atoms with Crippen LogP contribution in [0.2, 0.25) is 0 Å². The quantitative estimate of drug-likeness (QED) is 0.850. The molecular formula is C15H24BrN3O2. The third-order valence-corrected chi connectivity index (χ3v) is 5.27. The molecule has 1 aliphatic heterocycles. The Morgan fingerprint density at radius 2 is 2.10 bits per heavy atom. The molecule has 2 rings (SSSR count). The number of carboxylic acids is 1. The highest BCUT2D eigenvalue weighted by molar-refractivity contribution is 9.10. The molecule has 118 valence electrons. The predicted molar refractivity (Wildman–Crippen MR) is 85.2 cm³/mol. The van der Waals surface area contributed by atoms with E-state index in [1.54, 1.807) is 0 Å². The Morgan fingerprint density at radius 3 is 2.62 bits per heavy atom. The van der Waals surface area contributed by atoms with Crippen LogP contribution in [0.15, 0.2) is 4.47 Å². The molecule has 0 radical (unpaired) electrons. The minimum absolute atomic E-state index is 0.303. The first-order chi connectivity index (χ1) is 10.0. The topological polar surface area (TPSA) is 58.4 Å². The molecule has 0 atom stereocenters. The number of carboxylic acid groups (broad SMARTS) is 1. The van der Waals surface area contributed by atoms with E-state index in [0.29, 0.717) is 12.3 Å². The lowest BCUT2D eigenvalue weighted by Crippen LogP contribution is -2.34. The van der Waals surface area contributed by atoms with Gasteiger partial charge >= 0.3 is 5.97 Å². The van der Waals surface area contributed by atoms with Crippen molar-refractivity contribution in [1.29, 1.82) is 0 Å². The smallest absolute Gasteiger partial charge is 0.303 e. The molecule has 0 bridgehead atoms. The zero-order valence-corrected chi connectivity index (χ0v) is 14.4. The SMILES string of the molecule is CCc1nn(C)c(CN2CCC(CCC(=O)O)CC2)c1Br. The van der Waals surface area contributed by atoms with Gasteiger partial charge in [0.2, 0.25) is 0 Å². The van der Waals surface area contributed by atoms with Crippen LogP contribution >= 0.6 is 15.9 Å². The van der Waals surface area contributed by atoms with Gasteiger partial charge in [-0.25, -0.2) is 0 Å². The number of nitrogens with zero attached hydrogens (tertiary/aromatic N) is 3. The van der Waals surface area contributed by atoms with E-state index in [9.17, 15) is 4.79 Å². The molecule has 0 aromatic carbocycles. The van der Waals surface area contributed by atoms with Gasteiger partial charge in [0.15, 0.2) is 0 Å². The van der Waals surface area contributed by atoms with Crippen molar-refractivity contribution in [1.82, 2.24) is 14.7 Å². The van der Waals surface area contributed by atoms with Crippen LogP contribution in [0, 0.1) is 5.92 Å². The fourth-order valence-electron chi connectivity index (χ4n) is 2.96. The summed E-state index contributed by atoms with van der Waals surface area (Å²) < 4.78 is 3.11. The number of carbonyl (C=O) groups is 1. The van der Waals surface area contributed by atoms with E-state index in [4.69, 9.17) is 5.11 Å². The van der Waals surface area contributed by atoms with Crippen LogP contribution in [0.25, 0.3) is 0 Å². The molecule has 5 nitrogen and oxygen atoms in total. The van der Waals surface area contributed by atoms with Gasteiger partial charge in [0.05, 0.1) is 15.9 Å². The molecule has 1 aromatic heterocycles. The number of aliphatic carboxylic acids is 1. The summed E-state index contributed by atoms with van der Waals surface area (Å²) in [7, 11) is 2.00. The van der Waals surface area contributed by atoms with Crippen molar-refractivity contribution in [2.24, 2.45) is 13.0 Å². The van der Waals surface area contributed by atoms with Gasteiger partial charge in [-0.3, -0.25) is 14.4 Å². The third kappa shape index (κ3) is 4.30. The summed E-state index contributed by atoms with van der Waals surface area (Å²) in [6.45, 7) is 5.12. The van der Waals surface area contributed by atoms with Crippen LogP contribution in [0.1, 0.15) is 44.0 Å². The van der Waals surface area contributed by atoms with Crippen LogP contribution in [0.5, 0.6) is 0 Å². The van der Waals surface area contributed by atoms with Crippen LogP contribution in [0.3, 0.4) is 0 Å². The molecule has 1 aliphatic rings. The molecule has 0 amide bonds. The Bertz CT molecular complexity index is 493. The summed E-state index contributed by atoms with van der Waals surface area (Å²) in [5.74, 6) is -0.109. The molecule has 6 heteroatoms. The highest BCUT2D eigenvalue weighted by atomic mass is 79.9. The summed E-state index contributed by atoms with van der Waals surface area (Å²) in [5, 5.41) is 13.3. The lowest BCUT2D eigenvalue weighted by molar-refractivity contribution is -0.137. The second-order valence-electron chi connectivity index (χ2n) is 5.84. The van der Waals surface area contributed by atoms with Gasteiger partial charge in [-0.15, -0.1) is 0 Å². The maximum Gasteiger partial charge on any atom is 0.303 e. The van der Waals surface area contributed by atoms with Gasteiger partial charge in [-0.1, -0.05) is 6.92 Å². The molecule has 1 saturated heterocycles. The molecule has 1 aromatic rings. The molecule has 1 N–H and O–H groups in total. The molecule has 0 saturated carbocycles. The minimum Gasteiger partial charge on any atom is -0.481 e. The summed E-state index contributed by atoms with van der Waals surface area (Å²) in [5.41, 5.74) is 2.35. The standard InChI is InChI=1S/C15H24BrN3O2/c1-3-12-15(16)13(18(2)17-12)10-19-8-6-11(7-9-19)4-5-14(20)21/h11H,3-10H2,1-2H3,(H,20,21). The molecule has 2 heterocycles. The third-order valence-electron chi connectivity index (χ3n) is 4.35. The van der Waals surface area contributed by atoms with Crippen molar-refractivity contribution in [2.45, 2.75) is 45.6 Å². The zero-order valence-electron chi connectivity index (χ0n) is 12.8. The van der Waals surface area contributed by atoms with Crippen molar-refractivity contribution in [3.05, 3.63) is 15.9 Å². The van der Waals surface area contributed by atoms with Crippen molar-refractivity contribution < 1.29 is 9.90 Å². The van der Waals surface area contributed by atoms with Crippen molar-refractivity contribution >= 4 is 21.9 Å². The number of aromatic nitrogens is 2. The monoisotopic (exact) mass is 357 g/mol. The van der Waals surface area contributed by atoms with Crippen molar-refractivity contribution in [2.75, 3.05) is 13.1 Å². The Hall–Kier alpha value is -0.880. The highest BCUT2D eigenvalue weighted by Gasteiger charge is 2.22. The van der Waals surface area contributed by atoms with E-state index in [-0.39, 0.29) is 0 Å². The number of halogens is 1. The van der Waals surface area contributed by atoms with E-state index in [1.165, 1.54) is 5.69 Å². The zero-order chi connectivity index (χ0) is 15.4. The maximum atomic E-state index is 10.6. The fraction of sp³-hybridized carbons (Fsp3) is 0.733. The van der Waals surface area contributed by atoms with Gasteiger partial charge in [-0.05, 0) is 60.6 Å². The Kier molecular flexibility index (Phi) is 5.81. The predicted octanol–water partition coefficient (Wildman–Crippen LogP) is 2.82. The number of likely N-dealkylation sites (tertiary alicyclic amines) is 1. The summed E-state index contributed by atoms with van der Waals surface area (Å²) in [6.07, 6.45) is 4.26. The minimum atomic E-state index is -0.677. The van der Waals surface area contributed by atoms with Gasteiger partial charge in [0.1, 0.15) is 0 Å². The van der Waals surface area contributed by atoms with Crippen LogP contribution in [-0.4, -0.2) is 38.8 Å². The average Bonchev–Trinajstić information content (AvgIpc) is 2.74. The fourth-order valence-corrected chi connectivity index (χ4v) is 3.71. The van der Waals surface area contributed by atoms with Gasteiger partial charge in [0, 0.05) is 20.0 Å². The van der Waals surface area contributed by atoms with E-state index < -0.39 is 5.97 Å². The molecule has 21 heavy (non-hydrogen) atoms. The number of piperidine rings is 1. The van der Waals surface area contributed by atoms with E-state index in [0.717, 1.165) is 55.5 Å². The summed E-state index contributed by atoms with van der Waals surface area (Å²) in [4.78, 5) is 13.1. The van der Waals surface area contributed by atoms with Crippen molar-refractivity contribution in [3.63, 3.8) is 0 Å². The van der Waals surface area contributed by atoms with Gasteiger partial charge in [-0.2, -0.15) is 5.10 Å². The number of aryl methyl sites for hydroxylation is 2. The van der Waals surface area contributed by atoms with Crippen LogP contribution < -0.4 is 0 Å². The first-order valence-electron chi connectivity index (χ1n) is 7.65. The molecule has 0 unspecified atom stereocenters. The first kappa shape index (κ1) is 16.5. The average molecular weight is 358 g/mol. The van der Waals surface area contributed by atoms with Crippen LogP contribution in [-0.2, 0) is 24.8 Å². The summed E-state index contributed by atoms with van der Waals surface area (Å²) in [6, 6.07) is 0. The number of rotatable bonds is 6. The van der Waals surface area contributed by atoms with E-state index >= 15 is 0 Å². The number of hydrogen-bond donors (Lipinski definition) is 1. The summed E-state index contributed by atoms with van der Waals surface area (Å²) >= 11 is 3.67. The lowest BCUT2D eigenvalue weighted by Gasteiger charge is -2.31. The maximum absolute atomic E-state index is 10.6. The molecule has 1 fully saturated rings. The second-order valence-corrected chi connectivity index (χ2v) is 6.63. The Morgan fingerprint density at radius 1 is 1.43 bits per heavy atom. The molecule has 0 spiro atoms. The second kappa shape index (κ2) is 7.40. The molecule has 0 aliphatic carbocycles. The van der Waals surface area contributed by atoms with Crippen LogP contribution in [0.4, 0.5) is 0 Å².